The van der Waals surface area contributed by atoms with Crippen molar-refractivity contribution in [1.82, 2.24) is 5.43 Å². The fraction of sp³-hybridized carbons (Fsp3) is 0.176. The number of nitrogens with one attached hydrogen (secondary N) is 1. The Balaban J connectivity index is 1.83. The Hall–Kier alpha value is -1.89. The lowest BCUT2D eigenvalue weighted by molar-refractivity contribution is -0.123. The molecule has 2 aromatic carbocycles. The number of hydrazone groups is 1. The third-order valence-electron chi connectivity index (χ3n) is 2.82. The van der Waals surface area contributed by atoms with Crippen LogP contribution in [0.15, 0.2) is 47.6 Å². The van der Waals surface area contributed by atoms with Crippen LogP contribution in [0, 0.1) is 17.4 Å². The molecule has 0 aliphatic rings. The van der Waals surface area contributed by atoms with Crippen LogP contribution in [0.3, 0.4) is 0 Å². The lowest BCUT2D eigenvalue weighted by atomic mass is 10.1. The van der Waals surface area contributed by atoms with Gasteiger partial charge in [0.2, 0.25) is 0 Å². The summed E-state index contributed by atoms with van der Waals surface area (Å²) >= 11 is 2.23. The van der Waals surface area contributed by atoms with Crippen LogP contribution >= 0.6 is 22.6 Å². The van der Waals surface area contributed by atoms with Gasteiger partial charge in [0.05, 0.1) is 6.21 Å². The van der Waals surface area contributed by atoms with Crippen LogP contribution in [0.25, 0.3) is 0 Å². The molecule has 0 radical (unpaired) electrons. The summed E-state index contributed by atoms with van der Waals surface area (Å²) in [6, 6.07) is 13.7. The largest absolute Gasteiger partial charge is 0.484 e. The average Bonchev–Trinajstić information content (AvgIpc) is 2.44. The molecular formula is C17H17IN2O2. The van der Waals surface area contributed by atoms with E-state index in [4.69, 9.17) is 4.74 Å². The second-order valence-electron chi connectivity index (χ2n) is 4.96. The van der Waals surface area contributed by atoms with Gasteiger partial charge in [-0.1, -0.05) is 18.2 Å². The van der Waals surface area contributed by atoms with Gasteiger partial charge in [0.25, 0.3) is 5.91 Å². The van der Waals surface area contributed by atoms with Crippen molar-refractivity contribution in [3.05, 3.63) is 62.7 Å². The lowest BCUT2D eigenvalue weighted by Gasteiger charge is -2.07. The Kier molecular flexibility index (Phi) is 5.94. The Morgan fingerprint density at radius 2 is 1.95 bits per heavy atom. The van der Waals surface area contributed by atoms with Crippen molar-refractivity contribution in [3.63, 3.8) is 0 Å². The molecule has 1 amide bonds. The van der Waals surface area contributed by atoms with Crippen LogP contribution in [0.2, 0.25) is 0 Å². The molecule has 4 nitrogen and oxygen atoms in total. The molecule has 0 bridgehead atoms. The summed E-state index contributed by atoms with van der Waals surface area (Å²) in [5, 5.41) is 3.92. The zero-order chi connectivity index (χ0) is 15.9. The fourth-order valence-electron chi connectivity index (χ4n) is 1.96. The van der Waals surface area contributed by atoms with Gasteiger partial charge in [0.15, 0.2) is 6.61 Å². The van der Waals surface area contributed by atoms with Crippen molar-refractivity contribution in [3.8, 4) is 5.75 Å². The smallest absolute Gasteiger partial charge is 0.277 e. The number of carbonyl (C=O) groups is 1. The molecule has 0 aliphatic heterocycles. The second-order valence-corrected chi connectivity index (χ2v) is 6.21. The van der Waals surface area contributed by atoms with Crippen LogP contribution < -0.4 is 10.2 Å². The molecule has 0 aliphatic carbocycles. The van der Waals surface area contributed by atoms with Gasteiger partial charge in [-0.2, -0.15) is 5.10 Å². The summed E-state index contributed by atoms with van der Waals surface area (Å²) < 4.78 is 6.58. The highest BCUT2D eigenvalue weighted by atomic mass is 127. The van der Waals surface area contributed by atoms with Gasteiger partial charge < -0.3 is 4.74 Å². The summed E-state index contributed by atoms with van der Waals surface area (Å²) in [5.41, 5.74) is 5.59. The molecule has 2 rings (SSSR count). The number of benzene rings is 2. The van der Waals surface area contributed by atoms with Crippen LogP contribution in [0.4, 0.5) is 0 Å². The topological polar surface area (TPSA) is 50.7 Å². The number of carbonyl (C=O) groups excluding carboxylic acids is 1. The summed E-state index contributed by atoms with van der Waals surface area (Å²) in [5.74, 6) is 0.398. The zero-order valence-corrected chi connectivity index (χ0v) is 14.6. The molecule has 0 aromatic heterocycles. The van der Waals surface area contributed by atoms with Gasteiger partial charge >= 0.3 is 0 Å². The Bertz CT molecular complexity index is 679. The molecule has 0 saturated carbocycles. The van der Waals surface area contributed by atoms with E-state index in [0.29, 0.717) is 5.75 Å². The number of nitrogens with zero attached hydrogens (tertiary/aromatic N) is 1. The molecule has 0 fully saturated rings. The minimum absolute atomic E-state index is 0.0629. The molecule has 0 spiro atoms. The molecular weight excluding hydrogens is 391 g/mol. The predicted octanol–water partition coefficient (Wildman–Crippen LogP) is 3.44. The number of amides is 1. The van der Waals surface area contributed by atoms with Crippen LogP contribution in [-0.2, 0) is 4.79 Å². The maximum Gasteiger partial charge on any atom is 0.277 e. The molecule has 0 atom stereocenters. The molecule has 0 heterocycles. The standard InChI is InChI=1S/C17H17IN2O2/c1-12-6-13(2)8-16(7-12)22-11-17(21)20-19-10-14-4-3-5-15(18)9-14/h3-10H,11H2,1-2H3,(H,20,21). The zero-order valence-electron chi connectivity index (χ0n) is 12.5. The van der Waals surface area contributed by atoms with Gasteiger partial charge in [-0.15, -0.1) is 0 Å². The molecule has 114 valence electrons. The predicted molar refractivity (Wildman–Crippen MR) is 96.3 cm³/mol. The highest BCUT2D eigenvalue weighted by molar-refractivity contribution is 14.1. The van der Waals surface area contributed by atoms with Gasteiger partial charge in [-0.25, -0.2) is 5.43 Å². The van der Waals surface area contributed by atoms with Crippen molar-refractivity contribution in [2.24, 2.45) is 5.10 Å². The van der Waals surface area contributed by atoms with Crippen molar-refractivity contribution in [2.45, 2.75) is 13.8 Å². The summed E-state index contributed by atoms with van der Waals surface area (Å²) in [7, 11) is 0. The van der Waals surface area contributed by atoms with Gasteiger partial charge in [0, 0.05) is 3.57 Å². The summed E-state index contributed by atoms with van der Waals surface area (Å²) in [6.07, 6.45) is 1.61. The minimum Gasteiger partial charge on any atom is -0.484 e. The minimum atomic E-state index is -0.291. The van der Waals surface area contributed by atoms with E-state index in [1.54, 1.807) is 6.21 Å². The normalized spacial score (nSPS) is 10.7. The Morgan fingerprint density at radius 3 is 2.64 bits per heavy atom. The summed E-state index contributed by atoms with van der Waals surface area (Å²) in [6.45, 7) is 3.92. The van der Waals surface area contributed by atoms with E-state index in [-0.39, 0.29) is 12.5 Å². The van der Waals surface area contributed by atoms with Gasteiger partial charge in [-0.05, 0) is 77.4 Å². The van der Waals surface area contributed by atoms with Crippen molar-refractivity contribution in [1.29, 1.82) is 0 Å². The Morgan fingerprint density at radius 1 is 1.23 bits per heavy atom. The molecule has 22 heavy (non-hydrogen) atoms. The van der Waals surface area contributed by atoms with E-state index in [1.807, 2.05) is 50.2 Å². The van der Waals surface area contributed by atoms with E-state index < -0.39 is 0 Å². The van der Waals surface area contributed by atoms with Crippen LogP contribution in [0.1, 0.15) is 16.7 Å². The lowest BCUT2D eigenvalue weighted by Crippen LogP contribution is -2.24. The number of aryl methyl sites for hydroxylation is 2. The maximum atomic E-state index is 11.7. The average molecular weight is 408 g/mol. The highest BCUT2D eigenvalue weighted by Gasteiger charge is 2.02. The van der Waals surface area contributed by atoms with Gasteiger partial charge in [0.1, 0.15) is 5.75 Å². The highest BCUT2D eigenvalue weighted by Crippen LogP contribution is 2.15. The second kappa shape index (κ2) is 7.93. The van der Waals surface area contributed by atoms with Crippen molar-refractivity contribution in [2.75, 3.05) is 6.61 Å². The molecule has 0 unspecified atom stereocenters. The third-order valence-corrected chi connectivity index (χ3v) is 3.49. The van der Waals surface area contributed by atoms with E-state index in [1.165, 1.54) is 0 Å². The van der Waals surface area contributed by atoms with E-state index in [0.717, 1.165) is 20.3 Å². The first-order valence-electron chi connectivity index (χ1n) is 6.81. The van der Waals surface area contributed by atoms with Gasteiger partial charge in [-0.3, -0.25) is 4.79 Å². The van der Waals surface area contributed by atoms with Crippen molar-refractivity contribution < 1.29 is 9.53 Å². The van der Waals surface area contributed by atoms with E-state index in [9.17, 15) is 4.79 Å². The molecule has 1 N–H and O–H groups in total. The van der Waals surface area contributed by atoms with E-state index in [2.05, 4.69) is 39.2 Å². The first kappa shape index (κ1) is 16.5. The first-order valence-corrected chi connectivity index (χ1v) is 7.89. The maximum absolute atomic E-state index is 11.7. The van der Waals surface area contributed by atoms with Crippen LogP contribution in [0.5, 0.6) is 5.75 Å². The quantitative estimate of drug-likeness (QED) is 0.468. The molecule has 2 aromatic rings. The monoisotopic (exact) mass is 408 g/mol. The first-order chi connectivity index (χ1) is 10.5. The number of rotatable bonds is 5. The fourth-order valence-corrected chi connectivity index (χ4v) is 2.53. The van der Waals surface area contributed by atoms with E-state index >= 15 is 0 Å². The summed E-state index contributed by atoms with van der Waals surface area (Å²) in [4.78, 5) is 11.7. The Labute approximate surface area is 143 Å². The number of ether oxygens (including phenoxy) is 1. The SMILES string of the molecule is Cc1cc(C)cc(OCC(=O)NN=Cc2cccc(I)c2)c1. The molecule has 5 heteroatoms. The number of hydrogen-bond donors (Lipinski definition) is 1. The van der Waals surface area contributed by atoms with Crippen LogP contribution in [-0.4, -0.2) is 18.7 Å². The number of hydrogen-bond acceptors (Lipinski definition) is 3. The van der Waals surface area contributed by atoms with Crippen molar-refractivity contribution >= 4 is 34.7 Å². The third kappa shape index (κ3) is 5.48. The number of halogens is 1. The molecule has 0 saturated heterocycles.